The van der Waals surface area contributed by atoms with Crippen LogP contribution in [0, 0.1) is 0 Å². The van der Waals surface area contributed by atoms with Gasteiger partial charge in [-0.25, -0.2) is 9.78 Å². The number of alkyl halides is 3. The highest BCUT2D eigenvalue weighted by Gasteiger charge is 2.31. The minimum Gasteiger partial charge on any atom is -0.462 e. The molecule has 1 aromatic carbocycles. The lowest BCUT2D eigenvalue weighted by Crippen LogP contribution is -2.05. The molecular weight excluding hydrogens is 403 g/mol. The van der Waals surface area contributed by atoms with Crippen LogP contribution in [0.4, 0.5) is 13.2 Å². The molecule has 0 unspecified atom stereocenters. The number of carbonyl (C=O) groups is 1. The maximum absolute atomic E-state index is 12.9. The Bertz CT molecular complexity index is 968. The van der Waals surface area contributed by atoms with Crippen LogP contribution in [0.2, 0.25) is 5.02 Å². The van der Waals surface area contributed by atoms with Crippen molar-refractivity contribution in [1.82, 2.24) is 14.8 Å². The van der Waals surface area contributed by atoms with Crippen LogP contribution in [0.5, 0.6) is 0 Å². The van der Waals surface area contributed by atoms with E-state index in [0.29, 0.717) is 16.3 Å². The Morgan fingerprint density at radius 1 is 1.37 bits per heavy atom. The summed E-state index contributed by atoms with van der Waals surface area (Å²) in [5.41, 5.74) is 0.0858. The lowest BCUT2D eigenvalue weighted by Gasteiger charge is -2.09. The van der Waals surface area contributed by atoms with Gasteiger partial charge in [-0.1, -0.05) is 11.6 Å². The van der Waals surface area contributed by atoms with Gasteiger partial charge >= 0.3 is 12.1 Å². The Kier molecular flexibility index (Phi) is 5.52. The maximum atomic E-state index is 12.9. The van der Waals surface area contributed by atoms with Gasteiger partial charge in [0.05, 0.1) is 41.2 Å². The van der Waals surface area contributed by atoms with Crippen molar-refractivity contribution in [3.63, 3.8) is 0 Å². The molecule has 10 heteroatoms. The third kappa shape index (κ3) is 4.48. The van der Waals surface area contributed by atoms with Gasteiger partial charge in [-0.05, 0) is 25.1 Å². The fraction of sp³-hybridized carbons (Fsp3) is 0.235. The fourth-order valence-corrected chi connectivity index (χ4v) is 3.31. The zero-order valence-electron chi connectivity index (χ0n) is 14.0. The van der Waals surface area contributed by atoms with E-state index in [1.165, 1.54) is 34.5 Å². The second-order valence-electron chi connectivity index (χ2n) is 5.47. The van der Waals surface area contributed by atoms with Crippen LogP contribution >= 0.6 is 22.9 Å². The first-order valence-electron chi connectivity index (χ1n) is 7.79. The molecule has 0 bridgehead atoms. The monoisotopic (exact) mass is 415 g/mol. The normalized spacial score (nSPS) is 11.6. The van der Waals surface area contributed by atoms with Crippen molar-refractivity contribution in [1.29, 1.82) is 0 Å². The first kappa shape index (κ1) is 19.4. The summed E-state index contributed by atoms with van der Waals surface area (Å²) in [5, 5.41) is 6.49. The van der Waals surface area contributed by atoms with Crippen molar-refractivity contribution >= 4 is 28.9 Å². The Hall–Kier alpha value is -2.39. The van der Waals surface area contributed by atoms with Gasteiger partial charge in [0.25, 0.3) is 0 Å². The predicted molar refractivity (Wildman–Crippen MR) is 94.8 cm³/mol. The van der Waals surface area contributed by atoms with Crippen molar-refractivity contribution in [2.45, 2.75) is 19.6 Å². The van der Waals surface area contributed by atoms with Gasteiger partial charge in [-0.3, -0.25) is 4.68 Å². The Balaban J connectivity index is 1.81. The average Bonchev–Trinajstić information content (AvgIpc) is 3.24. The van der Waals surface area contributed by atoms with Crippen LogP contribution in [0.3, 0.4) is 0 Å². The third-order valence-electron chi connectivity index (χ3n) is 3.56. The Labute approximate surface area is 161 Å². The maximum Gasteiger partial charge on any atom is 0.416 e. The lowest BCUT2D eigenvalue weighted by molar-refractivity contribution is -0.137. The summed E-state index contributed by atoms with van der Waals surface area (Å²) in [6.07, 6.45) is -1.55. The average molecular weight is 416 g/mol. The van der Waals surface area contributed by atoms with E-state index in [4.69, 9.17) is 16.3 Å². The number of rotatable bonds is 5. The number of nitrogens with zero attached hydrogens (tertiary/aromatic N) is 3. The van der Waals surface area contributed by atoms with Crippen molar-refractivity contribution in [3.8, 4) is 11.3 Å². The first-order chi connectivity index (χ1) is 12.8. The van der Waals surface area contributed by atoms with Crippen LogP contribution < -0.4 is 0 Å². The molecule has 0 aliphatic rings. The van der Waals surface area contributed by atoms with Crippen LogP contribution in [-0.4, -0.2) is 27.3 Å². The number of thiazole rings is 1. The number of halogens is 4. The van der Waals surface area contributed by atoms with Crippen LogP contribution in [-0.2, 0) is 17.5 Å². The van der Waals surface area contributed by atoms with Crippen molar-refractivity contribution in [3.05, 3.63) is 57.1 Å². The molecule has 0 aliphatic heterocycles. The number of ether oxygens (including phenoxy) is 1. The molecule has 27 heavy (non-hydrogen) atoms. The number of benzene rings is 1. The molecule has 0 atom stereocenters. The third-order valence-corrected chi connectivity index (χ3v) is 4.73. The highest BCUT2D eigenvalue weighted by atomic mass is 35.5. The van der Waals surface area contributed by atoms with Gasteiger partial charge < -0.3 is 4.74 Å². The standard InChI is InChI=1S/C17H13ClF3N3O2S/c1-2-26-16(25)10-6-22-24(7-10)8-15-23-14(9-27-15)12-5-11(17(19,20)21)3-4-13(12)18/h3-7,9H,2,8H2,1H3. The molecule has 5 nitrogen and oxygen atoms in total. The minimum atomic E-state index is -4.46. The van der Waals surface area contributed by atoms with Gasteiger partial charge in [0.2, 0.25) is 0 Å². The van der Waals surface area contributed by atoms with Gasteiger partial charge in [0.1, 0.15) is 5.01 Å². The molecule has 0 fully saturated rings. The number of hydrogen-bond donors (Lipinski definition) is 0. The quantitative estimate of drug-likeness (QED) is 0.556. The van der Waals surface area contributed by atoms with Crippen LogP contribution in [0.25, 0.3) is 11.3 Å². The molecule has 0 saturated carbocycles. The summed E-state index contributed by atoms with van der Waals surface area (Å²) >= 11 is 7.31. The molecule has 3 aromatic rings. The molecule has 0 spiro atoms. The summed E-state index contributed by atoms with van der Waals surface area (Å²) in [4.78, 5) is 16.0. The second kappa shape index (κ2) is 7.69. The Morgan fingerprint density at radius 2 is 2.15 bits per heavy atom. The summed E-state index contributed by atoms with van der Waals surface area (Å²) in [7, 11) is 0. The molecule has 0 amide bonds. The highest BCUT2D eigenvalue weighted by molar-refractivity contribution is 7.09. The molecule has 3 rings (SSSR count). The molecule has 0 N–H and O–H groups in total. The zero-order chi connectivity index (χ0) is 19.6. The smallest absolute Gasteiger partial charge is 0.416 e. The number of carbonyl (C=O) groups excluding carboxylic acids is 1. The largest absolute Gasteiger partial charge is 0.462 e. The first-order valence-corrected chi connectivity index (χ1v) is 9.04. The molecule has 0 saturated heterocycles. The molecular formula is C17H13ClF3N3O2S. The van der Waals surface area contributed by atoms with E-state index >= 15 is 0 Å². The van der Waals surface area contributed by atoms with Crippen LogP contribution in [0.15, 0.2) is 36.0 Å². The van der Waals surface area contributed by atoms with E-state index in [2.05, 4.69) is 10.1 Å². The van der Waals surface area contributed by atoms with Crippen molar-refractivity contribution in [2.75, 3.05) is 6.61 Å². The molecule has 0 radical (unpaired) electrons. The molecule has 142 valence electrons. The van der Waals surface area contributed by atoms with Crippen LogP contribution in [0.1, 0.15) is 27.9 Å². The fourth-order valence-electron chi connectivity index (χ4n) is 2.31. The summed E-state index contributed by atoms with van der Waals surface area (Å²) < 4.78 is 45.2. The van der Waals surface area contributed by atoms with E-state index < -0.39 is 17.7 Å². The second-order valence-corrected chi connectivity index (χ2v) is 6.82. The van der Waals surface area contributed by atoms with E-state index in [0.717, 1.165) is 12.1 Å². The summed E-state index contributed by atoms with van der Waals surface area (Å²) in [6.45, 7) is 2.23. The molecule has 0 aliphatic carbocycles. The number of aromatic nitrogens is 3. The predicted octanol–water partition coefficient (Wildman–Crippen LogP) is 4.90. The molecule has 2 heterocycles. The number of esters is 1. The molecule has 2 aromatic heterocycles. The van der Waals surface area contributed by atoms with Crippen molar-refractivity contribution < 1.29 is 22.7 Å². The summed E-state index contributed by atoms with van der Waals surface area (Å²) in [5.74, 6) is -0.473. The van der Waals surface area contributed by atoms with E-state index in [1.54, 1.807) is 12.3 Å². The van der Waals surface area contributed by atoms with Crippen molar-refractivity contribution in [2.24, 2.45) is 0 Å². The van der Waals surface area contributed by atoms with Gasteiger partial charge in [-0.2, -0.15) is 18.3 Å². The highest BCUT2D eigenvalue weighted by Crippen LogP contribution is 2.36. The lowest BCUT2D eigenvalue weighted by atomic mass is 10.1. The number of hydrogen-bond acceptors (Lipinski definition) is 5. The van der Waals surface area contributed by atoms with Gasteiger partial charge in [-0.15, -0.1) is 11.3 Å². The van der Waals surface area contributed by atoms with E-state index in [1.807, 2.05) is 0 Å². The SMILES string of the molecule is CCOC(=O)c1cnn(Cc2nc(-c3cc(C(F)(F)F)ccc3Cl)cs2)c1. The zero-order valence-corrected chi connectivity index (χ0v) is 15.5. The van der Waals surface area contributed by atoms with E-state index in [9.17, 15) is 18.0 Å². The topological polar surface area (TPSA) is 57.0 Å². The minimum absolute atomic E-state index is 0.184. The Morgan fingerprint density at radius 3 is 2.85 bits per heavy atom. The van der Waals surface area contributed by atoms with E-state index in [-0.39, 0.29) is 23.7 Å². The van der Waals surface area contributed by atoms with Gasteiger partial charge in [0, 0.05) is 17.1 Å². The van der Waals surface area contributed by atoms with Gasteiger partial charge in [0.15, 0.2) is 0 Å². The summed E-state index contributed by atoms with van der Waals surface area (Å²) in [6, 6.07) is 3.12.